The van der Waals surface area contributed by atoms with Crippen LogP contribution in [-0.2, 0) is 18.9 Å². The number of hydrogen-bond acceptors (Lipinski definition) is 3. The van der Waals surface area contributed by atoms with E-state index in [1.54, 1.807) is 0 Å². The predicted octanol–water partition coefficient (Wildman–Crippen LogP) is 5.42. The van der Waals surface area contributed by atoms with Crippen LogP contribution in [0.5, 0.6) is 0 Å². The van der Waals surface area contributed by atoms with Crippen molar-refractivity contribution >= 4 is 0 Å². The summed E-state index contributed by atoms with van der Waals surface area (Å²) in [7, 11) is 2.08. The fourth-order valence-electron chi connectivity index (χ4n) is 5.16. The lowest BCUT2D eigenvalue weighted by Gasteiger charge is -2.41. The van der Waals surface area contributed by atoms with Crippen LogP contribution in [0.4, 0.5) is 0 Å². The first-order chi connectivity index (χ1) is 16.1. The first-order valence-electron chi connectivity index (χ1n) is 11.9. The number of piperidine rings is 1. The molecule has 1 aliphatic heterocycles. The second kappa shape index (κ2) is 9.32. The number of nitrogens with zero attached hydrogens (tertiary/aromatic N) is 4. The van der Waals surface area contributed by atoms with Crippen molar-refractivity contribution in [2.24, 2.45) is 7.05 Å². The molecule has 0 radical (unpaired) electrons. The van der Waals surface area contributed by atoms with Crippen molar-refractivity contribution in [3.8, 4) is 11.3 Å². The van der Waals surface area contributed by atoms with Crippen LogP contribution in [-0.4, -0.2) is 39.3 Å². The van der Waals surface area contributed by atoms with Crippen LogP contribution in [0.1, 0.15) is 35.4 Å². The summed E-state index contributed by atoms with van der Waals surface area (Å²) in [5.74, 6) is 0. The van der Waals surface area contributed by atoms with Gasteiger partial charge in [0.1, 0.15) is 0 Å². The Hall–Kier alpha value is -3.24. The SMILES string of the molecule is Cc1ccc(-c2cc(C3(c4ccccn4)CCN(CCc4ccccc4)CC3)n(C)n2)cc1. The molecule has 0 aliphatic carbocycles. The zero-order valence-corrected chi connectivity index (χ0v) is 19.6. The summed E-state index contributed by atoms with van der Waals surface area (Å²) in [6, 6.07) is 28.1. The number of benzene rings is 2. The lowest BCUT2D eigenvalue weighted by atomic mass is 9.72. The number of rotatable bonds is 6. The average molecular weight is 437 g/mol. The molecule has 0 amide bonds. The van der Waals surface area contributed by atoms with Gasteiger partial charge < -0.3 is 4.90 Å². The van der Waals surface area contributed by atoms with Crippen molar-refractivity contribution in [2.45, 2.75) is 31.6 Å². The molecule has 0 unspecified atom stereocenters. The third-order valence-corrected chi connectivity index (χ3v) is 7.14. The largest absolute Gasteiger partial charge is 0.303 e. The number of aromatic nitrogens is 3. The van der Waals surface area contributed by atoms with E-state index in [2.05, 4.69) is 96.3 Å². The molecule has 2 aromatic heterocycles. The molecule has 2 aromatic carbocycles. The summed E-state index contributed by atoms with van der Waals surface area (Å²) in [6.07, 6.45) is 5.12. The maximum absolute atomic E-state index is 4.93. The van der Waals surface area contributed by atoms with E-state index >= 15 is 0 Å². The molecule has 3 heterocycles. The second-order valence-electron chi connectivity index (χ2n) is 9.28. The van der Waals surface area contributed by atoms with E-state index in [1.807, 2.05) is 12.3 Å². The molecule has 4 heteroatoms. The van der Waals surface area contributed by atoms with Crippen LogP contribution >= 0.6 is 0 Å². The maximum Gasteiger partial charge on any atom is 0.0926 e. The highest BCUT2D eigenvalue weighted by Crippen LogP contribution is 2.41. The Morgan fingerprint density at radius 2 is 1.61 bits per heavy atom. The maximum atomic E-state index is 4.93. The summed E-state index contributed by atoms with van der Waals surface area (Å²) in [5, 5.41) is 4.93. The van der Waals surface area contributed by atoms with Gasteiger partial charge >= 0.3 is 0 Å². The van der Waals surface area contributed by atoms with Crippen molar-refractivity contribution in [1.82, 2.24) is 19.7 Å². The van der Waals surface area contributed by atoms with E-state index in [1.165, 1.54) is 22.4 Å². The quantitative estimate of drug-likeness (QED) is 0.405. The van der Waals surface area contributed by atoms with Gasteiger partial charge in [-0.1, -0.05) is 66.2 Å². The molecule has 1 fully saturated rings. The van der Waals surface area contributed by atoms with Gasteiger partial charge in [-0.15, -0.1) is 0 Å². The summed E-state index contributed by atoms with van der Waals surface area (Å²) in [4.78, 5) is 7.45. The van der Waals surface area contributed by atoms with Gasteiger partial charge in [0.15, 0.2) is 0 Å². The van der Waals surface area contributed by atoms with Crippen molar-refractivity contribution in [1.29, 1.82) is 0 Å². The Kier molecular flexibility index (Phi) is 6.10. The summed E-state index contributed by atoms with van der Waals surface area (Å²) in [6.45, 7) is 5.35. The van der Waals surface area contributed by atoms with Gasteiger partial charge in [0.25, 0.3) is 0 Å². The highest BCUT2D eigenvalue weighted by molar-refractivity contribution is 5.60. The van der Waals surface area contributed by atoms with Gasteiger partial charge in [-0.05, 0) is 63.0 Å². The molecule has 5 rings (SSSR count). The zero-order valence-electron chi connectivity index (χ0n) is 19.6. The first-order valence-corrected chi connectivity index (χ1v) is 11.9. The Morgan fingerprint density at radius 3 is 2.30 bits per heavy atom. The number of aryl methyl sites for hydroxylation is 2. The Balaban J connectivity index is 1.41. The molecule has 0 N–H and O–H groups in total. The molecule has 1 saturated heterocycles. The minimum Gasteiger partial charge on any atom is -0.303 e. The van der Waals surface area contributed by atoms with Crippen molar-refractivity contribution in [3.63, 3.8) is 0 Å². The Labute approximate surface area is 196 Å². The lowest BCUT2D eigenvalue weighted by Crippen LogP contribution is -2.45. The molecule has 0 spiro atoms. The van der Waals surface area contributed by atoms with Crippen molar-refractivity contribution in [2.75, 3.05) is 19.6 Å². The molecule has 0 bridgehead atoms. The van der Waals surface area contributed by atoms with Gasteiger partial charge in [0.2, 0.25) is 0 Å². The highest BCUT2D eigenvalue weighted by atomic mass is 15.3. The molecular weight excluding hydrogens is 404 g/mol. The van der Waals surface area contributed by atoms with E-state index in [0.717, 1.165) is 50.3 Å². The van der Waals surface area contributed by atoms with Gasteiger partial charge in [-0.3, -0.25) is 9.67 Å². The van der Waals surface area contributed by atoms with Crippen LogP contribution < -0.4 is 0 Å². The molecule has 33 heavy (non-hydrogen) atoms. The van der Waals surface area contributed by atoms with Gasteiger partial charge in [-0.25, -0.2) is 0 Å². The summed E-state index contributed by atoms with van der Waals surface area (Å²) >= 11 is 0. The number of likely N-dealkylation sites (tertiary alicyclic amines) is 1. The van der Waals surface area contributed by atoms with E-state index in [4.69, 9.17) is 10.1 Å². The van der Waals surface area contributed by atoms with Gasteiger partial charge in [0.05, 0.1) is 22.5 Å². The number of pyridine rings is 1. The first kappa shape index (κ1) is 21.6. The minimum absolute atomic E-state index is 0.116. The van der Waals surface area contributed by atoms with E-state index in [0.29, 0.717) is 0 Å². The molecule has 1 aliphatic rings. The van der Waals surface area contributed by atoms with Gasteiger partial charge in [-0.2, -0.15) is 5.10 Å². The van der Waals surface area contributed by atoms with Crippen LogP contribution in [0, 0.1) is 6.92 Å². The molecule has 0 saturated carbocycles. The third-order valence-electron chi connectivity index (χ3n) is 7.14. The second-order valence-corrected chi connectivity index (χ2v) is 9.28. The zero-order chi connectivity index (χ0) is 22.7. The smallest absolute Gasteiger partial charge is 0.0926 e. The van der Waals surface area contributed by atoms with Crippen LogP contribution in [0.25, 0.3) is 11.3 Å². The van der Waals surface area contributed by atoms with E-state index in [9.17, 15) is 0 Å². The highest BCUT2D eigenvalue weighted by Gasteiger charge is 2.41. The monoisotopic (exact) mass is 436 g/mol. The fraction of sp³-hybridized carbons (Fsp3) is 0.310. The summed E-state index contributed by atoms with van der Waals surface area (Å²) in [5.41, 5.74) is 7.19. The number of hydrogen-bond donors (Lipinski definition) is 0. The van der Waals surface area contributed by atoms with Crippen LogP contribution in [0.3, 0.4) is 0 Å². The van der Waals surface area contributed by atoms with Gasteiger partial charge in [0, 0.05) is 25.4 Å². The third kappa shape index (κ3) is 4.49. The molecule has 4 aromatic rings. The Morgan fingerprint density at radius 1 is 0.879 bits per heavy atom. The Bertz CT molecular complexity index is 1170. The van der Waals surface area contributed by atoms with E-state index in [-0.39, 0.29) is 5.41 Å². The van der Waals surface area contributed by atoms with Crippen LogP contribution in [0.15, 0.2) is 85.1 Å². The average Bonchev–Trinajstić information content (AvgIpc) is 3.27. The molecule has 0 atom stereocenters. The molecule has 4 nitrogen and oxygen atoms in total. The molecular formula is C29H32N4. The standard InChI is InChI=1S/C29H32N4/c1-23-11-13-25(14-12-23)26-22-28(32(2)31-26)29(27-10-6-7-18-30-27)16-20-33(21-17-29)19-15-24-8-4-3-5-9-24/h3-14,18,22H,15-17,19-21H2,1-2H3. The molecule has 168 valence electrons. The lowest BCUT2D eigenvalue weighted by molar-refractivity contribution is 0.174. The normalized spacial score (nSPS) is 16.1. The summed E-state index contributed by atoms with van der Waals surface area (Å²) < 4.78 is 2.09. The van der Waals surface area contributed by atoms with Crippen molar-refractivity contribution < 1.29 is 0 Å². The topological polar surface area (TPSA) is 34.0 Å². The fourth-order valence-corrected chi connectivity index (χ4v) is 5.16. The van der Waals surface area contributed by atoms with Crippen LogP contribution in [0.2, 0.25) is 0 Å². The predicted molar refractivity (Wildman–Crippen MR) is 134 cm³/mol. The van der Waals surface area contributed by atoms with E-state index < -0.39 is 0 Å². The minimum atomic E-state index is -0.116. The van der Waals surface area contributed by atoms with Crippen molar-refractivity contribution in [3.05, 3.63) is 108 Å².